The van der Waals surface area contributed by atoms with Crippen LogP contribution in [0.2, 0.25) is 5.02 Å². The van der Waals surface area contributed by atoms with Crippen LogP contribution < -0.4 is 5.32 Å². The minimum atomic E-state index is 0.0186. The van der Waals surface area contributed by atoms with Crippen LogP contribution in [0.3, 0.4) is 0 Å². The molecule has 0 aliphatic heterocycles. The third-order valence-electron chi connectivity index (χ3n) is 4.14. The van der Waals surface area contributed by atoms with Crippen LogP contribution in [0, 0.1) is 11.8 Å². The number of fused-ring (bicyclic) bond motifs is 2. The molecule has 2 nitrogen and oxygen atoms in total. The molecule has 0 unspecified atom stereocenters. The van der Waals surface area contributed by atoms with Crippen LogP contribution in [0.1, 0.15) is 36.0 Å². The van der Waals surface area contributed by atoms with Crippen LogP contribution in [0.15, 0.2) is 24.3 Å². The predicted octanol–water partition coefficient (Wildman–Crippen LogP) is 3.26. The lowest BCUT2D eigenvalue weighted by Crippen LogP contribution is -2.38. The summed E-state index contributed by atoms with van der Waals surface area (Å²) >= 11 is 5.89. The van der Waals surface area contributed by atoms with Crippen LogP contribution >= 0.6 is 11.6 Å². The fourth-order valence-corrected chi connectivity index (χ4v) is 3.49. The van der Waals surface area contributed by atoms with Crippen LogP contribution in [0.5, 0.6) is 0 Å². The summed E-state index contributed by atoms with van der Waals surface area (Å²) in [5, 5.41) is 3.77. The zero-order chi connectivity index (χ0) is 11.8. The molecule has 2 bridgehead atoms. The molecule has 3 heteroatoms. The highest BCUT2D eigenvalue weighted by molar-refractivity contribution is 6.30. The molecule has 2 aliphatic rings. The van der Waals surface area contributed by atoms with Crippen LogP contribution in [-0.2, 0) is 0 Å². The summed E-state index contributed by atoms with van der Waals surface area (Å²) in [7, 11) is 0. The third kappa shape index (κ3) is 2.19. The lowest BCUT2D eigenvalue weighted by Gasteiger charge is -2.22. The van der Waals surface area contributed by atoms with Crippen molar-refractivity contribution in [3.05, 3.63) is 34.9 Å². The van der Waals surface area contributed by atoms with E-state index < -0.39 is 0 Å². The van der Waals surface area contributed by atoms with Gasteiger partial charge in [0.2, 0.25) is 0 Å². The maximum Gasteiger partial charge on any atom is 0.251 e. The van der Waals surface area contributed by atoms with Gasteiger partial charge in [-0.1, -0.05) is 24.1 Å². The molecule has 1 aromatic rings. The van der Waals surface area contributed by atoms with Crippen molar-refractivity contribution in [3.63, 3.8) is 0 Å². The first-order valence-electron chi connectivity index (χ1n) is 6.29. The van der Waals surface area contributed by atoms with Crippen molar-refractivity contribution < 1.29 is 4.79 Å². The molecule has 90 valence electrons. The van der Waals surface area contributed by atoms with E-state index >= 15 is 0 Å². The Bertz CT molecular complexity index is 446. The molecular formula is C14H16ClNO. The summed E-state index contributed by atoms with van der Waals surface area (Å²) in [5.41, 5.74) is 0.667. The Morgan fingerprint density at radius 3 is 2.82 bits per heavy atom. The highest BCUT2D eigenvalue weighted by Crippen LogP contribution is 2.44. The molecule has 2 saturated carbocycles. The molecule has 0 spiro atoms. The van der Waals surface area contributed by atoms with Gasteiger partial charge in [-0.05, 0) is 49.3 Å². The van der Waals surface area contributed by atoms with Crippen LogP contribution in [0.25, 0.3) is 0 Å². The quantitative estimate of drug-likeness (QED) is 0.857. The van der Waals surface area contributed by atoms with E-state index in [4.69, 9.17) is 11.6 Å². The summed E-state index contributed by atoms with van der Waals surface area (Å²) in [6.07, 6.45) is 5.11. The number of amides is 1. The smallest absolute Gasteiger partial charge is 0.251 e. The van der Waals surface area contributed by atoms with Gasteiger partial charge in [0.25, 0.3) is 5.91 Å². The van der Waals surface area contributed by atoms with Crippen molar-refractivity contribution in [3.8, 4) is 0 Å². The summed E-state index contributed by atoms with van der Waals surface area (Å²) in [4.78, 5) is 12.1. The molecule has 2 fully saturated rings. The van der Waals surface area contributed by atoms with E-state index in [-0.39, 0.29) is 5.91 Å². The number of benzene rings is 1. The van der Waals surface area contributed by atoms with Gasteiger partial charge >= 0.3 is 0 Å². The Labute approximate surface area is 106 Å². The summed E-state index contributed by atoms with van der Waals surface area (Å²) in [6.45, 7) is 0. The second-order valence-corrected chi connectivity index (χ2v) is 5.70. The first kappa shape index (κ1) is 11.1. The number of carbonyl (C=O) groups excluding carboxylic acids is 1. The molecule has 3 atom stereocenters. The van der Waals surface area contributed by atoms with Gasteiger partial charge in [-0.3, -0.25) is 4.79 Å². The van der Waals surface area contributed by atoms with E-state index in [1.54, 1.807) is 12.1 Å². The van der Waals surface area contributed by atoms with Crippen molar-refractivity contribution in [1.29, 1.82) is 0 Å². The monoisotopic (exact) mass is 249 g/mol. The molecule has 1 amide bonds. The Hall–Kier alpha value is -1.02. The second-order valence-electron chi connectivity index (χ2n) is 5.27. The Morgan fingerprint density at radius 1 is 1.29 bits per heavy atom. The lowest BCUT2D eigenvalue weighted by molar-refractivity contribution is 0.0923. The van der Waals surface area contributed by atoms with Gasteiger partial charge in [0, 0.05) is 16.6 Å². The number of carbonyl (C=O) groups is 1. The van der Waals surface area contributed by atoms with E-state index in [0.717, 1.165) is 12.3 Å². The molecule has 1 N–H and O–H groups in total. The summed E-state index contributed by atoms with van der Waals surface area (Å²) in [6, 6.07) is 7.53. The van der Waals surface area contributed by atoms with Crippen molar-refractivity contribution in [2.45, 2.75) is 31.7 Å². The number of halogens is 1. The molecular weight excluding hydrogens is 234 g/mol. The summed E-state index contributed by atoms with van der Waals surface area (Å²) in [5.74, 6) is 1.58. The average Bonchev–Trinajstić information content (AvgIpc) is 2.91. The lowest BCUT2D eigenvalue weighted by atomic mass is 9.95. The Morgan fingerprint density at radius 2 is 2.18 bits per heavy atom. The zero-order valence-electron chi connectivity index (χ0n) is 9.66. The van der Waals surface area contributed by atoms with Gasteiger partial charge in [0.1, 0.15) is 0 Å². The number of hydrogen-bond acceptors (Lipinski definition) is 1. The van der Waals surface area contributed by atoms with E-state index in [1.165, 1.54) is 19.3 Å². The second kappa shape index (κ2) is 4.34. The fraction of sp³-hybridized carbons (Fsp3) is 0.500. The highest BCUT2D eigenvalue weighted by atomic mass is 35.5. The molecule has 0 saturated heterocycles. The van der Waals surface area contributed by atoms with Gasteiger partial charge in [-0.25, -0.2) is 0 Å². The maximum atomic E-state index is 12.1. The minimum Gasteiger partial charge on any atom is -0.349 e. The van der Waals surface area contributed by atoms with Crippen LogP contribution in [-0.4, -0.2) is 11.9 Å². The Balaban J connectivity index is 1.68. The Kier molecular flexibility index (Phi) is 2.83. The highest BCUT2D eigenvalue weighted by Gasteiger charge is 2.40. The normalized spacial score (nSPS) is 30.5. The SMILES string of the molecule is O=C(N[C@@H]1C[C@H]2CC[C@H]1C2)c1cccc(Cl)c1. The first-order chi connectivity index (χ1) is 8.22. The van der Waals surface area contributed by atoms with Crippen molar-refractivity contribution in [2.75, 3.05) is 0 Å². The van der Waals surface area contributed by atoms with Crippen LogP contribution in [0.4, 0.5) is 0 Å². The van der Waals surface area contributed by atoms with E-state index in [9.17, 15) is 4.79 Å². The largest absolute Gasteiger partial charge is 0.349 e. The molecule has 2 aliphatic carbocycles. The molecule has 0 radical (unpaired) electrons. The molecule has 1 aromatic carbocycles. The van der Waals surface area contributed by atoms with Gasteiger partial charge < -0.3 is 5.32 Å². The molecule has 3 rings (SSSR count). The minimum absolute atomic E-state index is 0.0186. The number of nitrogens with one attached hydrogen (secondary N) is 1. The van der Waals surface area contributed by atoms with E-state index in [2.05, 4.69) is 5.32 Å². The molecule has 0 heterocycles. The maximum absolute atomic E-state index is 12.1. The van der Waals surface area contributed by atoms with E-state index in [1.807, 2.05) is 12.1 Å². The van der Waals surface area contributed by atoms with Crippen molar-refractivity contribution >= 4 is 17.5 Å². The first-order valence-corrected chi connectivity index (χ1v) is 6.66. The molecule has 0 aromatic heterocycles. The fourth-order valence-electron chi connectivity index (χ4n) is 3.30. The zero-order valence-corrected chi connectivity index (χ0v) is 10.4. The molecule has 17 heavy (non-hydrogen) atoms. The topological polar surface area (TPSA) is 29.1 Å². The van der Waals surface area contributed by atoms with Crippen molar-refractivity contribution in [1.82, 2.24) is 5.32 Å². The number of hydrogen-bond donors (Lipinski definition) is 1. The van der Waals surface area contributed by atoms with Gasteiger partial charge in [-0.2, -0.15) is 0 Å². The average molecular weight is 250 g/mol. The predicted molar refractivity (Wildman–Crippen MR) is 68.2 cm³/mol. The summed E-state index contributed by atoms with van der Waals surface area (Å²) < 4.78 is 0. The standard InChI is InChI=1S/C14H16ClNO/c15-12-3-1-2-11(8-12)14(17)16-13-7-9-4-5-10(13)6-9/h1-3,8-10,13H,4-7H2,(H,16,17)/t9-,10-,13+/m0/s1. The van der Waals surface area contributed by atoms with E-state index in [0.29, 0.717) is 22.5 Å². The number of rotatable bonds is 2. The van der Waals surface area contributed by atoms with Gasteiger partial charge in [0.15, 0.2) is 0 Å². The van der Waals surface area contributed by atoms with Gasteiger partial charge in [-0.15, -0.1) is 0 Å². The van der Waals surface area contributed by atoms with Crippen molar-refractivity contribution in [2.24, 2.45) is 11.8 Å². The van der Waals surface area contributed by atoms with Gasteiger partial charge in [0.05, 0.1) is 0 Å². The third-order valence-corrected chi connectivity index (χ3v) is 4.38.